The first-order chi connectivity index (χ1) is 11.2. The van der Waals surface area contributed by atoms with Crippen LogP contribution < -0.4 is 11.1 Å². The van der Waals surface area contributed by atoms with E-state index in [0.717, 1.165) is 12.4 Å². The first-order valence-corrected chi connectivity index (χ1v) is 7.81. The van der Waals surface area contributed by atoms with Gasteiger partial charge in [0.1, 0.15) is 0 Å². The second-order valence-corrected chi connectivity index (χ2v) is 6.01. The summed E-state index contributed by atoms with van der Waals surface area (Å²) in [4.78, 5) is 4.34. The number of aromatic nitrogens is 3. The Labute approximate surface area is 135 Å². The van der Waals surface area contributed by atoms with E-state index in [-0.39, 0.29) is 12.1 Å². The fraction of sp³-hybridized carbons (Fsp3) is 0.222. The van der Waals surface area contributed by atoms with Gasteiger partial charge in [0.25, 0.3) is 0 Å². The van der Waals surface area contributed by atoms with Crippen LogP contribution in [-0.2, 0) is 0 Å². The van der Waals surface area contributed by atoms with Crippen LogP contribution in [-0.4, -0.2) is 14.8 Å². The molecule has 23 heavy (non-hydrogen) atoms. The summed E-state index contributed by atoms with van der Waals surface area (Å²) in [5, 5.41) is 7.83. The van der Waals surface area contributed by atoms with Crippen LogP contribution in [0.5, 0.6) is 0 Å². The Morgan fingerprint density at radius 1 is 1.04 bits per heavy atom. The van der Waals surface area contributed by atoms with Gasteiger partial charge < -0.3 is 11.1 Å². The van der Waals surface area contributed by atoms with Crippen molar-refractivity contribution < 1.29 is 0 Å². The number of hydrogen-bond acceptors (Lipinski definition) is 4. The highest BCUT2D eigenvalue weighted by Gasteiger charge is 2.30. The third kappa shape index (κ3) is 2.54. The molecule has 2 atom stereocenters. The van der Waals surface area contributed by atoms with Crippen molar-refractivity contribution in [1.82, 2.24) is 14.8 Å². The molecule has 0 amide bonds. The monoisotopic (exact) mass is 305 g/mol. The summed E-state index contributed by atoms with van der Waals surface area (Å²) in [6, 6.07) is 19.3. The van der Waals surface area contributed by atoms with Gasteiger partial charge >= 0.3 is 0 Å². The summed E-state index contributed by atoms with van der Waals surface area (Å²) in [7, 11) is 0. The van der Waals surface area contributed by atoms with Crippen molar-refractivity contribution in [1.29, 1.82) is 0 Å². The Morgan fingerprint density at radius 3 is 2.52 bits per heavy atom. The number of nitrogen functional groups attached to an aromatic ring is 1. The fourth-order valence-electron chi connectivity index (χ4n) is 3.16. The van der Waals surface area contributed by atoms with Crippen molar-refractivity contribution in [3.63, 3.8) is 0 Å². The quantitative estimate of drug-likeness (QED) is 0.762. The Balaban J connectivity index is 1.75. The zero-order valence-corrected chi connectivity index (χ0v) is 13.0. The molecule has 0 fully saturated rings. The Hall–Kier alpha value is -2.82. The molecule has 3 N–H and O–H groups in total. The predicted molar refractivity (Wildman–Crippen MR) is 91.2 cm³/mol. The van der Waals surface area contributed by atoms with Crippen LogP contribution >= 0.6 is 0 Å². The second kappa shape index (κ2) is 5.43. The molecule has 116 valence electrons. The summed E-state index contributed by atoms with van der Waals surface area (Å²) in [6.07, 6.45) is 0.906. The molecule has 1 aromatic heterocycles. The van der Waals surface area contributed by atoms with E-state index in [1.165, 1.54) is 16.7 Å². The normalized spacial score (nSPS) is 19.9. The lowest BCUT2D eigenvalue weighted by molar-refractivity contribution is 0.431. The molecular weight excluding hydrogens is 286 g/mol. The first kappa shape index (κ1) is 13.8. The van der Waals surface area contributed by atoms with E-state index in [9.17, 15) is 0 Å². The SMILES string of the molecule is Cc1ccc(C2CC(c3ccccc3)n3nc(N)nc3N2)cc1. The summed E-state index contributed by atoms with van der Waals surface area (Å²) >= 11 is 0. The minimum absolute atomic E-state index is 0.128. The molecule has 4 rings (SSSR count). The topological polar surface area (TPSA) is 68.8 Å². The number of benzene rings is 2. The lowest BCUT2D eigenvalue weighted by atomic mass is 9.93. The summed E-state index contributed by atoms with van der Waals surface area (Å²) < 4.78 is 1.90. The van der Waals surface area contributed by atoms with E-state index in [1.54, 1.807) is 0 Å². The number of aryl methyl sites for hydroxylation is 1. The van der Waals surface area contributed by atoms with Crippen LogP contribution in [0.1, 0.15) is 35.2 Å². The van der Waals surface area contributed by atoms with Crippen molar-refractivity contribution >= 4 is 11.9 Å². The number of hydrogen-bond donors (Lipinski definition) is 2. The number of fused-ring (bicyclic) bond motifs is 1. The first-order valence-electron chi connectivity index (χ1n) is 7.81. The molecule has 1 aliphatic rings. The molecule has 2 unspecified atom stereocenters. The van der Waals surface area contributed by atoms with E-state index in [2.05, 4.69) is 70.9 Å². The Bertz CT molecular complexity index is 807. The van der Waals surface area contributed by atoms with Gasteiger partial charge in [-0.2, -0.15) is 4.98 Å². The molecule has 1 aliphatic heterocycles. The van der Waals surface area contributed by atoms with E-state index in [1.807, 2.05) is 10.7 Å². The zero-order valence-electron chi connectivity index (χ0n) is 13.0. The average Bonchev–Trinajstić information content (AvgIpc) is 2.95. The van der Waals surface area contributed by atoms with E-state index < -0.39 is 0 Å². The van der Waals surface area contributed by atoms with Gasteiger partial charge in [0.05, 0.1) is 12.1 Å². The smallest absolute Gasteiger partial charge is 0.241 e. The molecule has 0 saturated carbocycles. The van der Waals surface area contributed by atoms with E-state index >= 15 is 0 Å². The van der Waals surface area contributed by atoms with Gasteiger partial charge in [-0.15, -0.1) is 5.10 Å². The lowest BCUT2D eigenvalue weighted by Crippen LogP contribution is -2.28. The predicted octanol–water partition coefficient (Wildman–Crippen LogP) is 3.32. The van der Waals surface area contributed by atoms with E-state index in [4.69, 9.17) is 5.73 Å². The minimum Gasteiger partial charge on any atom is -0.366 e. The summed E-state index contributed by atoms with van der Waals surface area (Å²) in [6.45, 7) is 2.10. The highest BCUT2D eigenvalue weighted by Crippen LogP contribution is 2.37. The number of nitrogens with zero attached hydrogens (tertiary/aromatic N) is 3. The Kier molecular flexibility index (Phi) is 3.26. The van der Waals surface area contributed by atoms with E-state index in [0.29, 0.717) is 5.95 Å². The highest BCUT2D eigenvalue weighted by molar-refractivity contribution is 5.41. The molecule has 5 nitrogen and oxygen atoms in total. The molecule has 2 aromatic carbocycles. The third-order valence-corrected chi connectivity index (χ3v) is 4.37. The molecule has 0 radical (unpaired) electrons. The van der Waals surface area contributed by atoms with Gasteiger partial charge in [-0.25, -0.2) is 4.68 Å². The van der Waals surface area contributed by atoms with Crippen molar-refractivity contribution in [2.45, 2.75) is 25.4 Å². The molecule has 2 heterocycles. The van der Waals surface area contributed by atoms with Crippen LogP contribution in [0.15, 0.2) is 54.6 Å². The van der Waals surface area contributed by atoms with Crippen LogP contribution in [0.3, 0.4) is 0 Å². The number of anilines is 2. The molecule has 3 aromatic rings. The Morgan fingerprint density at radius 2 is 1.78 bits per heavy atom. The molecule has 0 aliphatic carbocycles. The standard InChI is InChI=1S/C18H19N5/c1-12-7-9-13(10-8-12)15-11-16(14-5-3-2-4-6-14)23-18(20-15)21-17(19)22-23/h2-10,15-16H,11H2,1H3,(H3,19,20,21,22). The molecule has 0 spiro atoms. The van der Waals surface area contributed by atoms with Crippen molar-refractivity contribution in [3.05, 3.63) is 71.3 Å². The largest absolute Gasteiger partial charge is 0.366 e. The summed E-state index contributed by atoms with van der Waals surface area (Å²) in [5.41, 5.74) is 9.55. The molecule has 5 heteroatoms. The van der Waals surface area contributed by atoms with Gasteiger partial charge in [-0.3, -0.25) is 0 Å². The van der Waals surface area contributed by atoms with Gasteiger partial charge in [0, 0.05) is 0 Å². The van der Waals surface area contributed by atoms with Crippen LogP contribution in [0.2, 0.25) is 0 Å². The lowest BCUT2D eigenvalue weighted by Gasteiger charge is -2.31. The van der Waals surface area contributed by atoms with Crippen molar-refractivity contribution in [3.8, 4) is 0 Å². The highest BCUT2D eigenvalue weighted by atomic mass is 15.4. The molecule has 0 saturated heterocycles. The van der Waals surface area contributed by atoms with Crippen LogP contribution in [0.4, 0.5) is 11.9 Å². The minimum atomic E-state index is 0.128. The molecule has 0 bridgehead atoms. The third-order valence-electron chi connectivity index (χ3n) is 4.37. The zero-order chi connectivity index (χ0) is 15.8. The number of nitrogens with one attached hydrogen (secondary N) is 1. The van der Waals surface area contributed by atoms with Crippen LogP contribution in [0, 0.1) is 6.92 Å². The maximum atomic E-state index is 5.82. The number of nitrogens with two attached hydrogens (primary N) is 1. The maximum Gasteiger partial charge on any atom is 0.241 e. The van der Waals surface area contributed by atoms with Crippen molar-refractivity contribution in [2.75, 3.05) is 11.1 Å². The van der Waals surface area contributed by atoms with Crippen LogP contribution in [0.25, 0.3) is 0 Å². The molecular formula is C18H19N5. The van der Waals surface area contributed by atoms with Gasteiger partial charge in [0.15, 0.2) is 0 Å². The summed E-state index contributed by atoms with van der Waals surface area (Å²) in [5.74, 6) is 1.03. The second-order valence-electron chi connectivity index (χ2n) is 6.01. The van der Waals surface area contributed by atoms with Gasteiger partial charge in [-0.05, 0) is 24.5 Å². The van der Waals surface area contributed by atoms with Crippen molar-refractivity contribution in [2.24, 2.45) is 0 Å². The average molecular weight is 305 g/mol. The fourth-order valence-corrected chi connectivity index (χ4v) is 3.16. The maximum absolute atomic E-state index is 5.82. The van der Waals surface area contributed by atoms with Gasteiger partial charge in [-0.1, -0.05) is 60.2 Å². The number of rotatable bonds is 2. The van der Waals surface area contributed by atoms with Gasteiger partial charge in [0.2, 0.25) is 11.9 Å².